The topological polar surface area (TPSA) is 64.1 Å². The molecular weight excluding hydrogens is 218 g/mol. The van der Waals surface area contributed by atoms with Crippen LogP contribution in [-0.4, -0.2) is 23.0 Å². The second kappa shape index (κ2) is 8.50. The first-order valence-electron chi connectivity index (χ1n) is 5.77. The normalized spacial score (nSPS) is 9.29. The lowest BCUT2D eigenvalue weighted by atomic mass is 10.1. The summed E-state index contributed by atoms with van der Waals surface area (Å²) in [5.74, 6) is 1.15. The number of hydrogen-bond acceptors (Lipinski definition) is 4. The molecule has 1 aromatic rings. The van der Waals surface area contributed by atoms with Crippen molar-refractivity contribution >= 4 is 11.7 Å². The standard InChI is InChI=1S/C10H15N3O2.C2H6/c1-7(2)4-9(14)13-8-5-12-10(15-3)6-11-8;1-2/h5-7H,4H2,1-3H3,(H,11,13,14);1-2H3. The molecule has 0 bridgehead atoms. The molecule has 0 atom stereocenters. The summed E-state index contributed by atoms with van der Waals surface area (Å²) < 4.78 is 4.85. The Balaban J connectivity index is 0.00000121. The number of amides is 1. The van der Waals surface area contributed by atoms with E-state index in [0.29, 0.717) is 24.0 Å². The van der Waals surface area contributed by atoms with E-state index in [2.05, 4.69) is 15.3 Å². The highest BCUT2D eigenvalue weighted by Gasteiger charge is 2.06. The lowest BCUT2D eigenvalue weighted by Gasteiger charge is -2.06. The van der Waals surface area contributed by atoms with E-state index >= 15 is 0 Å². The molecule has 0 aromatic carbocycles. The third-order valence-corrected chi connectivity index (χ3v) is 1.70. The van der Waals surface area contributed by atoms with Crippen LogP contribution in [0.5, 0.6) is 5.88 Å². The van der Waals surface area contributed by atoms with Crippen LogP contribution in [0.25, 0.3) is 0 Å². The summed E-state index contributed by atoms with van der Waals surface area (Å²) >= 11 is 0. The van der Waals surface area contributed by atoms with Crippen molar-refractivity contribution in [2.75, 3.05) is 12.4 Å². The maximum atomic E-state index is 11.4. The predicted octanol–water partition coefficient (Wildman–Crippen LogP) is 2.50. The Bertz CT molecular complexity index is 323. The Hall–Kier alpha value is -1.65. The van der Waals surface area contributed by atoms with Crippen LogP contribution in [-0.2, 0) is 4.79 Å². The Kier molecular flexibility index (Phi) is 7.67. The van der Waals surface area contributed by atoms with E-state index in [-0.39, 0.29) is 5.91 Å². The van der Waals surface area contributed by atoms with Gasteiger partial charge < -0.3 is 10.1 Å². The minimum absolute atomic E-state index is 0.0514. The summed E-state index contributed by atoms with van der Waals surface area (Å²) in [6.45, 7) is 7.97. The Labute approximate surface area is 103 Å². The molecular formula is C12H21N3O2. The van der Waals surface area contributed by atoms with Gasteiger partial charge in [0.2, 0.25) is 11.8 Å². The van der Waals surface area contributed by atoms with Crippen LogP contribution in [0.2, 0.25) is 0 Å². The monoisotopic (exact) mass is 239 g/mol. The van der Waals surface area contributed by atoms with E-state index in [1.54, 1.807) is 0 Å². The molecule has 0 fully saturated rings. The van der Waals surface area contributed by atoms with Crippen molar-refractivity contribution in [2.45, 2.75) is 34.1 Å². The number of hydrogen-bond donors (Lipinski definition) is 1. The highest BCUT2D eigenvalue weighted by Crippen LogP contribution is 2.08. The average molecular weight is 239 g/mol. The van der Waals surface area contributed by atoms with Gasteiger partial charge in [0.15, 0.2) is 5.82 Å². The first-order chi connectivity index (χ1) is 8.11. The van der Waals surface area contributed by atoms with Gasteiger partial charge in [0, 0.05) is 6.42 Å². The molecule has 1 N–H and O–H groups in total. The summed E-state index contributed by atoms with van der Waals surface area (Å²) in [4.78, 5) is 19.3. The summed E-state index contributed by atoms with van der Waals surface area (Å²) in [6, 6.07) is 0. The number of aromatic nitrogens is 2. The molecule has 5 nitrogen and oxygen atoms in total. The molecule has 0 unspecified atom stereocenters. The van der Waals surface area contributed by atoms with Gasteiger partial charge in [-0.3, -0.25) is 4.79 Å². The number of nitrogens with one attached hydrogen (secondary N) is 1. The molecule has 0 spiro atoms. The quantitative estimate of drug-likeness (QED) is 0.876. The van der Waals surface area contributed by atoms with Gasteiger partial charge in [-0.25, -0.2) is 9.97 Å². The van der Waals surface area contributed by atoms with Gasteiger partial charge in [-0.1, -0.05) is 27.7 Å². The van der Waals surface area contributed by atoms with Crippen molar-refractivity contribution in [1.29, 1.82) is 0 Å². The number of methoxy groups -OCH3 is 1. The fourth-order valence-corrected chi connectivity index (χ4v) is 1.05. The molecule has 0 aliphatic rings. The van der Waals surface area contributed by atoms with Gasteiger partial charge in [-0.2, -0.15) is 0 Å². The minimum Gasteiger partial charge on any atom is -0.480 e. The Morgan fingerprint density at radius 3 is 2.41 bits per heavy atom. The molecule has 17 heavy (non-hydrogen) atoms. The number of carbonyl (C=O) groups is 1. The summed E-state index contributed by atoms with van der Waals surface area (Å²) in [5.41, 5.74) is 0. The molecule has 1 heterocycles. The molecule has 1 aromatic heterocycles. The summed E-state index contributed by atoms with van der Waals surface area (Å²) in [5, 5.41) is 2.66. The second-order valence-electron chi connectivity index (χ2n) is 3.59. The zero-order valence-electron chi connectivity index (χ0n) is 11.2. The largest absolute Gasteiger partial charge is 0.480 e. The number of nitrogens with zero attached hydrogens (tertiary/aromatic N) is 2. The molecule has 0 aliphatic carbocycles. The van der Waals surface area contributed by atoms with Crippen molar-refractivity contribution in [3.05, 3.63) is 12.4 Å². The molecule has 0 radical (unpaired) electrons. The van der Waals surface area contributed by atoms with Crippen LogP contribution in [0.4, 0.5) is 5.82 Å². The smallest absolute Gasteiger partial charge is 0.232 e. The average Bonchev–Trinajstić information content (AvgIpc) is 2.31. The molecule has 1 rings (SSSR count). The Morgan fingerprint density at radius 1 is 1.35 bits per heavy atom. The third-order valence-electron chi connectivity index (χ3n) is 1.70. The molecule has 96 valence electrons. The summed E-state index contributed by atoms with van der Waals surface area (Å²) in [6.07, 6.45) is 3.41. The first-order valence-corrected chi connectivity index (χ1v) is 5.77. The molecule has 5 heteroatoms. The van der Waals surface area contributed by atoms with E-state index in [9.17, 15) is 4.79 Å². The van der Waals surface area contributed by atoms with Gasteiger partial charge in [0.1, 0.15) is 0 Å². The van der Waals surface area contributed by atoms with Crippen LogP contribution in [0.1, 0.15) is 34.1 Å². The van der Waals surface area contributed by atoms with Crippen LogP contribution < -0.4 is 10.1 Å². The van der Waals surface area contributed by atoms with Gasteiger partial charge in [-0.15, -0.1) is 0 Å². The molecule has 0 saturated carbocycles. The molecule has 1 amide bonds. The van der Waals surface area contributed by atoms with E-state index < -0.39 is 0 Å². The lowest BCUT2D eigenvalue weighted by molar-refractivity contribution is -0.116. The van der Waals surface area contributed by atoms with E-state index in [1.165, 1.54) is 19.5 Å². The SMILES string of the molecule is CC.COc1cnc(NC(=O)CC(C)C)cn1. The van der Waals surface area contributed by atoms with E-state index in [4.69, 9.17) is 4.74 Å². The van der Waals surface area contributed by atoms with Crippen molar-refractivity contribution in [1.82, 2.24) is 9.97 Å². The molecule has 0 saturated heterocycles. The van der Waals surface area contributed by atoms with Gasteiger partial charge in [0.05, 0.1) is 19.5 Å². The fourth-order valence-electron chi connectivity index (χ4n) is 1.05. The number of anilines is 1. The zero-order valence-corrected chi connectivity index (χ0v) is 11.2. The fraction of sp³-hybridized carbons (Fsp3) is 0.583. The number of ether oxygens (including phenoxy) is 1. The minimum atomic E-state index is -0.0514. The van der Waals surface area contributed by atoms with Crippen LogP contribution in [0.3, 0.4) is 0 Å². The van der Waals surface area contributed by atoms with Crippen LogP contribution >= 0.6 is 0 Å². The van der Waals surface area contributed by atoms with Crippen molar-refractivity contribution in [3.8, 4) is 5.88 Å². The van der Waals surface area contributed by atoms with Crippen molar-refractivity contribution in [2.24, 2.45) is 5.92 Å². The lowest BCUT2D eigenvalue weighted by Crippen LogP contribution is -2.14. The highest BCUT2D eigenvalue weighted by molar-refractivity contribution is 5.89. The maximum Gasteiger partial charge on any atom is 0.232 e. The Morgan fingerprint density at radius 2 is 2.00 bits per heavy atom. The first kappa shape index (κ1) is 15.3. The number of rotatable bonds is 4. The zero-order chi connectivity index (χ0) is 13.3. The molecule has 0 aliphatic heterocycles. The van der Waals surface area contributed by atoms with Crippen molar-refractivity contribution in [3.63, 3.8) is 0 Å². The maximum absolute atomic E-state index is 11.4. The van der Waals surface area contributed by atoms with Crippen LogP contribution in [0, 0.1) is 5.92 Å². The summed E-state index contributed by atoms with van der Waals surface area (Å²) in [7, 11) is 1.51. The van der Waals surface area contributed by atoms with Gasteiger partial charge >= 0.3 is 0 Å². The third kappa shape index (κ3) is 6.50. The van der Waals surface area contributed by atoms with Gasteiger partial charge in [0.25, 0.3) is 0 Å². The van der Waals surface area contributed by atoms with Crippen LogP contribution in [0.15, 0.2) is 12.4 Å². The van der Waals surface area contributed by atoms with E-state index in [0.717, 1.165) is 0 Å². The van der Waals surface area contributed by atoms with Gasteiger partial charge in [-0.05, 0) is 5.92 Å². The number of carbonyl (C=O) groups excluding carboxylic acids is 1. The van der Waals surface area contributed by atoms with E-state index in [1.807, 2.05) is 27.7 Å². The highest BCUT2D eigenvalue weighted by atomic mass is 16.5. The second-order valence-corrected chi connectivity index (χ2v) is 3.59. The predicted molar refractivity (Wildman–Crippen MR) is 68.0 cm³/mol. The van der Waals surface area contributed by atoms with Crippen molar-refractivity contribution < 1.29 is 9.53 Å².